The molecule has 1 amide bonds. The van der Waals surface area contributed by atoms with Crippen LogP contribution in [0.1, 0.15) is 18.9 Å². The summed E-state index contributed by atoms with van der Waals surface area (Å²) < 4.78 is 0. The van der Waals surface area contributed by atoms with Gasteiger partial charge in [-0.2, -0.15) is 0 Å². The van der Waals surface area contributed by atoms with Crippen molar-refractivity contribution in [2.45, 2.75) is 19.8 Å². The summed E-state index contributed by atoms with van der Waals surface area (Å²) in [6.07, 6.45) is 5.13. The van der Waals surface area contributed by atoms with Crippen LogP contribution in [0.2, 0.25) is 0 Å². The van der Waals surface area contributed by atoms with Crippen molar-refractivity contribution in [1.82, 2.24) is 4.98 Å². The van der Waals surface area contributed by atoms with Crippen molar-refractivity contribution in [3.63, 3.8) is 0 Å². The first kappa shape index (κ1) is 10.9. The van der Waals surface area contributed by atoms with E-state index in [1.807, 2.05) is 18.2 Å². The van der Waals surface area contributed by atoms with Crippen molar-refractivity contribution >= 4 is 11.7 Å². The molecule has 1 aliphatic rings. The van der Waals surface area contributed by atoms with Crippen LogP contribution in [0.3, 0.4) is 0 Å². The molecule has 0 aromatic carbocycles. The van der Waals surface area contributed by atoms with Gasteiger partial charge in [0.05, 0.1) is 0 Å². The Morgan fingerprint density at radius 1 is 1.69 bits per heavy atom. The number of anilines is 1. The van der Waals surface area contributed by atoms with Crippen molar-refractivity contribution < 1.29 is 4.79 Å². The Bertz CT molecular complexity index is 414. The zero-order chi connectivity index (χ0) is 11.5. The Hall–Kier alpha value is -1.64. The van der Waals surface area contributed by atoms with Gasteiger partial charge in [0.2, 0.25) is 5.91 Å². The maximum atomic E-state index is 11.8. The molecule has 1 aromatic rings. The summed E-state index contributed by atoms with van der Waals surface area (Å²) in [6.45, 7) is 6.55. The molecule has 84 valence electrons. The predicted molar refractivity (Wildman–Crippen MR) is 64.3 cm³/mol. The Kier molecular flexibility index (Phi) is 3.04. The van der Waals surface area contributed by atoms with Gasteiger partial charge in [-0.15, -0.1) is 6.58 Å². The second kappa shape index (κ2) is 4.47. The van der Waals surface area contributed by atoms with Crippen molar-refractivity contribution in [1.29, 1.82) is 0 Å². The molecule has 0 spiro atoms. The van der Waals surface area contributed by atoms with Gasteiger partial charge in [-0.25, -0.2) is 4.98 Å². The van der Waals surface area contributed by atoms with Gasteiger partial charge in [0.15, 0.2) is 0 Å². The zero-order valence-corrected chi connectivity index (χ0v) is 9.52. The van der Waals surface area contributed by atoms with Crippen LogP contribution in [0.25, 0.3) is 0 Å². The van der Waals surface area contributed by atoms with E-state index in [0.717, 1.165) is 12.2 Å². The molecule has 0 radical (unpaired) electrons. The highest BCUT2D eigenvalue weighted by Crippen LogP contribution is 2.24. The van der Waals surface area contributed by atoms with Crippen LogP contribution >= 0.6 is 0 Å². The normalized spacial score (nSPS) is 20.2. The van der Waals surface area contributed by atoms with Gasteiger partial charge in [-0.1, -0.05) is 13.0 Å². The Balaban J connectivity index is 2.23. The third kappa shape index (κ3) is 1.98. The molecule has 2 heterocycles. The Morgan fingerprint density at radius 3 is 3.12 bits per heavy atom. The monoisotopic (exact) mass is 216 g/mol. The first-order valence-electron chi connectivity index (χ1n) is 5.62. The zero-order valence-electron chi connectivity index (χ0n) is 9.52. The molecular formula is C13H16N2O. The number of aromatic nitrogens is 1. The molecule has 16 heavy (non-hydrogen) atoms. The highest BCUT2D eigenvalue weighted by Gasteiger charge is 2.29. The predicted octanol–water partition coefficient (Wildman–Crippen LogP) is 2.18. The van der Waals surface area contributed by atoms with E-state index in [4.69, 9.17) is 0 Å². The third-order valence-electron chi connectivity index (χ3n) is 2.98. The van der Waals surface area contributed by atoms with Crippen molar-refractivity contribution in [3.8, 4) is 0 Å². The van der Waals surface area contributed by atoms with Crippen LogP contribution in [0.5, 0.6) is 0 Å². The second-order valence-corrected chi connectivity index (χ2v) is 4.08. The minimum atomic E-state index is 0.144. The molecule has 1 saturated heterocycles. The minimum absolute atomic E-state index is 0.144. The summed E-state index contributed by atoms with van der Waals surface area (Å²) in [4.78, 5) is 17.8. The highest BCUT2D eigenvalue weighted by atomic mass is 16.2. The average molecular weight is 216 g/mol. The lowest BCUT2D eigenvalue weighted by molar-refractivity contribution is -0.117. The van der Waals surface area contributed by atoms with E-state index >= 15 is 0 Å². The van der Waals surface area contributed by atoms with E-state index in [1.54, 1.807) is 11.1 Å². The fourth-order valence-corrected chi connectivity index (χ4v) is 1.94. The number of rotatable bonds is 3. The lowest BCUT2D eigenvalue weighted by atomic mass is 10.1. The Morgan fingerprint density at radius 2 is 2.50 bits per heavy atom. The number of aryl methyl sites for hydroxylation is 1. The van der Waals surface area contributed by atoms with Crippen molar-refractivity contribution in [2.24, 2.45) is 5.92 Å². The summed E-state index contributed by atoms with van der Waals surface area (Å²) >= 11 is 0. The average Bonchev–Trinajstić information content (AvgIpc) is 2.71. The van der Waals surface area contributed by atoms with Crippen molar-refractivity contribution in [3.05, 3.63) is 36.5 Å². The number of pyridine rings is 1. The molecule has 1 fully saturated rings. The highest BCUT2D eigenvalue weighted by molar-refractivity contribution is 5.95. The fourth-order valence-electron chi connectivity index (χ4n) is 1.94. The van der Waals surface area contributed by atoms with E-state index in [1.165, 1.54) is 5.56 Å². The SMILES string of the molecule is C=CC1CC(=O)N(c2cc(CC)ccn2)C1. The van der Waals surface area contributed by atoms with E-state index in [2.05, 4.69) is 18.5 Å². The van der Waals surface area contributed by atoms with Crippen LogP contribution < -0.4 is 4.90 Å². The maximum absolute atomic E-state index is 11.8. The molecule has 0 saturated carbocycles. The second-order valence-electron chi connectivity index (χ2n) is 4.08. The lowest BCUT2D eigenvalue weighted by Gasteiger charge is -2.15. The molecule has 3 nitrogen and oxygen atoms in total. The molecular weight excluding hydrogens is 200 g/mol. The summed E-state index contributed by atoms with van der Waals surface area (Å²) in [6, 6.07) is 3.97. The van der Waals surface area contributed by atoms with E-state index in [0.29, 0.717) is 13.0 Å². The maximum Gasteiger partial charge on any atom is 0.228 e. The number of hydrogen-bond donors (Lipinski definition) is 0. The summed E-state index contributed by atoms with van der Waals surface area (Å²) in [5.74, 6) is 1.18. The molecule has 1 aromatic heterocycles. The van der Waals surface area contributed by atoms with Crippen LogP contribution in [-0.2, 0) is 11.2 Å². The van der Waals surface area contributed by atoms with Crippen LogP contribution in [0.4, 0.5) is 5.82 Å². The largest absolute Gasteiger partial charge is 0.296 e. The first-order chi connectivity index (χ1) is 7.74. The summed E-state index contributed by atoms with van der Waals surface area (Å²) in [5.41, 5.74) is 1.21. The van der Waals surface area contributed by atoms with Crippen LogP contribution in [-0.4, -0.2) is 17.4 Å². The summed E-state index contributed by atoms with van der Waals surface area (Å²) in [7, 11) is 0. The smallest absolute Gasteiger partial charge is 0.228 e. The van der Waals surface area contributed by atoms with Crippen LogP contribution in [0, 0.1) is 5.92 Å². The number of nitrogens with zero attached hydrogens (tertiary/aromatic N) is 2. The number of carbonyl (C=O) groups excluding carboxylic acids is 1. The number of hydrogen-bond acceptors (Lipinski definition) is 2. The lowest BCUT2D eigenvalue weighted by Crippen LogP contribution is -2.25. The van der Waals surface area contributed by atoms with Gasteiger partial charge < -0.3 is 0 Å². The minimum Gasteiger partial charge on any atom is -0.296 e. The molecule has 0 N–H and O–H groups in total. The topological polar surface area (TPSA) is 33.2 Å². The van der Waals surface area contributed by atoms with Gasteiger partial charge in [0.25, 0.3) is 0 Å². The number of amides is 1. The molecule has 0 bridgehead atoms. The van der Waals surface area contributed by atoms with Gasteiger partial charge in [-0.05, 0) is 24.1 Å². The van der Waals surface area contributed by atoms with Gasteiger partial charge in [0.1, 0.15) is 5.82 Å². The van der Waals surface area contributed by atoms with Gasteiger partial charge in [-0.3, -0.25) is 9.69 Å². The third-order valence-corrected chi connectivity index (χ3v) is 2.98. The van der Waals surface area contributed by atoms with E-state index in [-0.39, 0.29) is 11.8 Å². The van der Waals surface area contributed by atoms with Gasteiger partial charge >= 0.3 is 0 Å². The van der Waals surface area contributed by atoms with Crippen molar-refractivity contribution in [2.75, 3.05) is 11.4 Å². The number of carbonyl (C=O) groups is 1. The first-order valence-corrected chi connectivity index (χ1v) is 5.62. The quantitative estimate of drug-likeness (QED) is 0.725. The van der Waals surface area contributed by atoms with Gasteiger partial charge in [0, 0.05) is 25.1 Å². The Labute approximate surface area is 95.8 Å². The molecule has 1 aliphatic heterocycles. The fraction of sp³-hybridized carbons (Fsp3) is 0.385. The molecule has 3 heteroatoms. The van der Waals surface area contributed by atoms with E-state index < -0.39 is 0 Å². The molecule has 1 atom stereocenters. The van der Waals surface area contributed by atoms with Crippen LogP contribution in [0.15, 0.2) is 31.0 Å². The standard InChI is InChI=1S/C13H16N2O/c1-3-10-5-6-14-12(7-10)15-9-11(4-2)8-13(15)16/h4-7,11H,2-3,8-9H2,1H3. The molecule has 0 aliphatic carbocycles. The molecule has 1 unspecified atom stereocenters. The molecule has 2 rings (SSSR count). The van der Waals surface area contributed by atoms with E-state index in [9.17, 15) is 4.79 Å². The summed E-state index contributed by atoms with van der Waals surface area (Å²) in [5, 5.41) is 0.